The van der Waals surface area contributed by atoms with Crippen LogP contribution in [0.4, 0.5) is 0 Å². The second kappa shape index (κ2) is 8.83. The minimum atomic E-state index is -3.49. The normalized spacial score (nSPS) is 23.6. The van der Waals surface area contributed by atoms with Crippen molar-refractivity contribution in [1.29, 1.82) is 0 Å². The molecule has 2 aliphatic rings. The van der Waals surface area contributed by atoms with Gasteiger partial charge in [-0.3, -0.25) is 0 Å². The van der Waals surface area contributed by atoms with Crippen molar-refractivity contribution in [2.75, 3.05) is 45.8 Å². The summed E-state index contributed by atoms with van der Waals surface area (Å²) in [6, 6.07) is 6.67. The van der Waals surface area contributed by atoms with Crippen molar-refractivity contribution in [2.24, 2.45) is 5.92 Å². The first-order valence-electron chi connectivity index (χ1n) is 8.25. The number of hydrogen-bond donors (Lipinski definition) is 1. The summed E-state index contributed by atoms with van der Waals surface area (Å²) >= 11 is 6.06. The fourth-order valence-electron chi connectivity index (χ4n) is 3.39. The number of rotatable bonds is 4. The number of benzene rings is 1. The van der Waals surface area contributed by atoms with Crippen LogP contribution in [-0.2, 0) is 10.0 Å². The highest BCUT2D eigenvalue weighted by Gasteiger charge is 2.30. The second-order valence-corrected chi connectivity index (χ2v) is 8.66. The lowest BCUT2D eigenvalue weighted by molar-refractivity contribution is 0.154. The molecule has 1 aromatic rings. The van der Waals surface area contributed by atoms with Crippen molar-refractivity contribution < 1.29 is 8.42 Å². The molecule has 2 fully saturated rings. The van der Waals surface area contributed by atoms with Gasteiger partial charge in [0.15, 0.2) is 0 Å². The van der Waals surface area contributed by atoms with E-state index in [2.05, 4.69) is 10.2 Å². The van der Waals surface area contributed by atoms with E-state index in [4.69, 9.17) is 11.6 Å². The molecule has 1 N–H and O–H groups in total. The van der Waals surface area contributed by atoms with Crippen LogP contribution in [0.15, 0.2) is 29.2 Å². The van der Waals surface area contributed by atoms with E-state index in [1.54, 1.807) is 28.6 Å². The first-order valence-corrected chi connectivity index (χ1v) is 10.1. The third-order valence-electron chi connectivity index (χ3n) is 4.70. The monoisotopic (exact) mass is 393 g/mol. The van der Waals surface area contributed by atoms with Gasteiger partial charge >= 0.3 is 0 Å². The van der Waals surface area contributed by atoms with Gasteiger partial charge in [-0.1, -0.05) is 23.7 Å². The van der Waals surface area contributed by atoms with Crippen molar-refractivity contribution >= 4 is 34.0 Å². The van der Waals surface area contributed by atoms with Crippen LogP contribution in [-0.4, -0.2) is 63.4 Å². The summed E-state index contributed by atoms with van der Waals surface area (Å²) in [5.74, 6) is 0.690. The Bertz CT molecular complexity index is 628. The number of nitrogens with zero attached hydrogens (tertiary/aromatic N) is 2. The van der Waals surface area contributed by atoms with Crippen LogP contribution >= 0.6 is 24.0 Å². The molecule has 0 aliphatic carbocycles. The molecular formula is C16H25Cl2N3O2S. The Morgan fingerprint density at radius 2 is 1.88 bits per heavy atom. The zero-order valence-corrected chi connectivity index (χ0v) is 16.0. The topological polar surface area (TPSA) is 52.7 Å². The summed E-state index contributed by atoms with van der Waals surface area (Å²) < 4.78 is 27.0. The van der Waals surface area contributed by atoms with Crippen LogP contribution in [0.2, 0.25) is 5.02 Å². The van der Waals surface area contributed by atoms with Gasteiger partial charge in [-0.2, -0.15) is 4.31 Å². The average Bonchev–Trinajstić information content (AvgIpc) is 2.56. The maximum Gasteiger partial charge on any atom is 0.244 e. The van der Waals surface area contributed by atoms with Gasteiger partial charge in [0.05, 0.1) is 5.02 Å². The maximum absolute atomic E-state index is 12.7. The second-order valence-electron chi connectivity index (χ2n) is 6.35. The van der Waals surface area contributed by atoms with Crippen molar-refractivity contribution in [1.82, 2.24) is 14.5 Å². The van der Waals surface area contributed by atoms with Gasteiger partial charge < -0.3 is 10.2 Å². The fourth-order valence-corrected chi connectivity index (χ4v) is 5.31. The van der Waals surface area contributed by atoms with Gasteiger partial charge in [-0.25, -0.2) is 8.42 Å². The average molecular weight is 394 g/mol. The lowest BCUT2D eigenvalue weighted by atomic mass is 9.99. The Kier molecular flexibility index (Phi) is 7.34. The summed E-state index contributed by atoms with van der Waals surface area (Å²) in [6.07, 6.45) is 2.51. The molecule has 0 spiro atoms. The molecule has 3 rings (SSSR count). The molecule has 0 aromatic heterocycles. The minimum absolute atomic E-state index is 0. The molecule has 0 bridgehead atoms. The summed E-state index contributed by atoms with van der Waals surface area (Å²) in [6.45, 7) is 5.92. The number of nitrogens with one attached hydrogen (secondary N) is 1. The molecule has 1 aromatic carbocycles. The van der Waals surface area contributed by atoms with Crippen molar-refractivity contribution in [3.8, 4) is 0 Å². The largest absolute Gasteiger partial charge is 0.316 e. The first-order chi connectivity index (χ1) is 11.1. The maximum atomic E-state index is 12.7. The first kappa shape index (κ1) is 19.9. The van der Waals surface area contributed by atoms with Crippen molar-refractivity contribution in [3.63, 3.8) is 0 Å². The van der Waals surface area contributed by atoms with Gasteiger partial charge in [0.25, 0.3) is 0 Å². The zero-order valence-electron chi connectivity index (χ0n) is 13.7. The lowest BCUT2D eigenvalue weighted by Gasteiger charge is -2.36. The molecule has 2 heterocycles. The highest BCUT2D eigenvalue weighted by Crippen LogP contribution is 2.25. The molecule has 1 atom stereocenters. The summed E-state index contributed by atoms with van der Waals surface area (Å²) in [4.78, 5) is 2.60. The zero-order chi connectivity index (χ0) is 16.3. The molecule has 0 radical (unpaired) electrons. The lowest BCUT2D eigenvalue weighted by Crippen LogP contribution is -2.50. The van der Waals surface area contributed by atoms with E-state index >= 15 is 0 Å². The highest BCUT2D eigenvalue weighted by atomic mass is 35.5. The predicted octanol–water partition coefficient (Wildman–Crippen LogP) is 2.07. The number of sulfonamides is 1. The minimum Gasteiger partial charge on any atom is -0.316 e. The molecular weight excluding hydrogens is 369 g/mol. The van der Waals surface area contributed by atoms with Gasteiger partial charge in [0.1, 0.15) is 4.90 Å². The van der Waals surface area contributed by atoms with E-state index in [0.29, 0.717) is 24.0 Å². The van der Waals surface area contributed by atoms with Gasteiger partial charge in [0.2, 0.25) is 10.0 Å². The molecule has 0 saturated carbocycles. The van der Waals surface area contributed by atoms with Crippen LogP contribution in [0.1, 0.15) is 12.8 Å². The van der Waals surface area contributed by atoms with Gasteiger partial charge in [0, 0.05) is 32.7 Å². The van der Waals surface area contributed by atoms with Crippen LogP contribution in [0.3, 0.4) is 0 Å². The molecule has 8 heteroatoms. The number of halogens is 2. The summed E-state index contributed by atoms with van der Waals surface area (Å²) in [7, 11) is -3.49. The number of piperidine rings is 1. The van der Waals surface area contributed by atoms with Crippen LogP contribution in [0.25, 0.3) is 0 Å². The van der Waals surface area contributed by atoms with Crippen LogP contribution in [0, 0.1) is 5.92 Å². The van der Waals surface area contributed by atoms with E-state index in [1.165, 1.54) is 12.8 Å². The Balaban J connectivity index is 0.00000208. The third-order valence-corrected chi connectivity index (χ3v) is 7.10. The molecule has 24 heavy (non-hydrogen) atoms. The number of hydrogen-bond acceptors (Lipinski definition) is 4. The van der Waals surface area contributed by atoms with Gasteiger partial charge in [-0.15, -0.1) is 12.4 Å². The van der Waals surface area contributed by atoms with Crippen LogP contribution in [0.5, 0.6) is 0 Å². The van der Waals surface area contributed by atoms with Crippen molar-refractivity contribution in [2.45, 2.75) is 17.7 Å². The quantitative estimate of drug-likeness (QED) is 0.850. The SMILES string of the molecule is Cl.O=S(=O)(c1ccccc1Cl)N1CCN(CC2CCCNC2)CC1. The Labute approximate surface area is 155 Å². The molecule has 2 saturated heterocycles. The fraction of sp³-hybridized carbons (Fsp3) is 0.625. The number of piperazine rings is 1. The molecule has 1 unspecified atom stereocenters. The summed E-state index contributed by atoms with van der Waals surface area (Å²) in [5.41, 5.74) is 0. The van der Waals surface area contributed by atoms with Crippen molar-refractivity contribution in [3.05, 3.63) is 29.3 Å². The van der Waals surface area contributed by atoms with E-state index in [9.17, 15) is 8.42 Å². The van der Waals surface area contributed by atoms with E-state index in [1.807, 2.05) is 0 Å². The third kappa shape index (κ3) is 4.62. The molecule has 136 valence electrons. The molecule has 5 nitrogen and oxygen atoms in total. The summed E-state index contributed by atoms with van der Waals surface area (Å²) in [5, 5.41) is 3.73. The highest BCUT2D eigenvalue weighted by molar-refractivity contribution is 7.89. The Morgan fingerprint density at radius 1 is 1.17 bits per heavy atom. The Hall–Kier alpha value is -0.370. The van der Waals surface area contributed by atoms with E-state index < -0.39 is 10.0 Å². The smallest absolute Gasteiger partial charge is 0.244 e. The molecule has 2 aliphatic heterocycles. The standard InChI is InChI=1S/C16H24ClN3O2S.ClH/c17-15-5-1-2-6-16(15)23(21,22)20-10-8-19(9-11-20)13-14-4-3-7-18-12-14;/h1-2,5-6,14,18H,3-4,7-13H2;1H. The van der Waals surface area contributed by atoms with E-state index in [-0.39, 0.29) is 17.3 Å². The predicted molar refractivity (Wildman–Crippen MR) is 99.5 cm³/mol. The molecule has 0 amide bonds. The van der Waals surface area contributed by atoms with E-state index in [0.717, 1.165) is 32.7 Å². The van der Waals surface area contributed by atoms with Crippen LogP contribution < -0.4 is 5.32 Å². The Morgan fingerprint density at radius 3 is 2.50 bits per heavy atom. The van der Waals surface area contributed by atoms with Gasteiger partial charge in [-0.05, 0) is 44.0 Å².